The van der Waals surface area contributed by atoms with E-state index in [-0.39, 0.29) is 17.6 Å². The predicted molar refractivity (Wildman–Crippen MR) is 93.4 cm³/mol. The van der Waals surface area contributed by atoms with Crippen LogP contribution in [0.4, 0.5) is 0 Å². The highest BCUT2D eigenvalue weighted by Crippen LogP contribution is 2.26. The third-order valence-corrected chi connectivity index (χ3v) is 4.53. The van der Waals surface area contributed by atoms with Crippen LogP contribution in [-0.2, 0) is 0 Å². The molecule has 23 heavy (non-hydrogen) atoms. The van der Waals surface area contributed by atoms with E-state index in [0.29, 0.717) is 11.2 Å². The summed E-state index contributed by atoms with van der Waals surface area (Å²) in [5, 5.41) is 0.627. The van der Waals surface area contributed by atoms with Crippen molar-refractivity contribution in [3.05, 3.63) is 76.3 Å². The van der Waals surface area contributed by atoms with E-state index in [2.05, 4.69) is 47.9 Å². The number of hydrogen-bond donors (Lipinski definition) is 1. The first-order valence-electron chi connectivity index (χ1n) is 7.84. The van der Waals surface area contributed by atoms with Crippen LogP contribution in [-0.4, -0.2) is 21.9 Å². The Hall–Kier alpha value is -2.46. The number of rotatable bonds is 4. The lowest BCUT2D eigenvalue weighted by Gasteiger charge is -2.30. The van der Waals surface area contributed by atoms with E-state index in [9.17, 15) is 4.79 Å². The molecule has 2 atom stereocenters. The van der Waals surface area contributed by atoms with E-state index >= 15 is 0 Å². The van der Waals surface area contributed by atoms with Gasteiger partial charge in [0.2, 0.25) is 0 Å². The van der Waals surface area contributed by atoms with Crippen molar-refractivity contribution >= 4 is 10.9 Å². The van der Waals surface area contributed by atoms with Gasteiger partial charge in [-0.2, -0.15) is 0 Å². The molecular formula is C19H21N3O. The summed E-state index contributed by atoms with van der Waals surface area (Å²) in [5.41, 5.74) is 1.89. The molecule has 4 nitrogen and oxygen atoms in total. The third kappa shape index (κ3) is 3.03. The molecule has 1 heterocycles. The molecule has 0 fully saturated rings. The van der Waals surface area contributed by atoms with Crippen molar-refractivity contribution in [3.63, 3.8) is 0 Å². The van der Waals surface area contributed by atoms with Gasteiger partial charge in [-0.25, -0.2) is 4.98 Å². The summed E-state index contributed by atoms with van der Waals surface area (Å²) in [6.07, 6.45) is 0. The second kappa shape index (κ2) is 6.34. The lowest BCUT2D eigenvalue weighted by Crippen LogP contribution is -2.28. The van der Waals surface area contributed by atoms with E-state index < -0.39 is 0 Å². The minimum absolute atomic E-state index is 0.00233. The largest absolute Gasteiger partial charge is 0.309 e. The highest BCUT2D eigenvalue weighted by Gasteiger charge is 2.21. The van der Waals surface area contributed by atoms with Crippen LogP contribution in [0.1, 0.15) is 37.3 Å². The quantitative estimate of drug-likeness (QED) is 0.800. The minimum atomic E-state index is -0.0850. The summed E-state index contributed by atoms with van der Waals surface area (Å²) in [6.45, 7) is 4.22. The topological polar surface area (TPSA) is 49.0 Å². The predicted octanol–water partition coefficient (Wildman–Crippen LogP) is 3.68. The van der Waals surface area contributed by atoms with Gasteiger partial charge in [-0.1, -0.05) is 42.5 Å². The maximum Gasteiger partial charge on any atom is 0.258 e. The maximum absolute atomic E-state index is 12.3. The fraction of sp³-hybridized carbons (Fsp3) is 0.263. The minimum Gasteiger partial charge on any atom is -0.309 e. The summed E-state index contributed by atoms with van der Waals surface area (Å²) < 4.78 is 0. The van der Waals surface area contributed by atoms with Crippen molar-refractivity contribution in [2.24, 2.45) is 0 Å². The molecule has 0 spiro atoms. The molecule has 0 saturated carbocycles. The second-order valence-electron chi connectivity index (χ2n) is 5.90. The van der Waals surface area contributed by atoms with E-state index in [1.807, 2.05) is 36.4 Å². The van der Waals surface area contributed by atoms with Crippen molar-refractivity contribution in [2.45, 2.75) is 25.9 Å². The van der Waals surface area contributed by atoms with Crippen molar-refractivity contribution in [1.82, 2.24) is 14.9 Å². The number of aromatic nitrogens is 2. The smallest absolute Gasteiger partial charge is 0.258 e. The van der Waals surface area contributed by atoms with Crippen LogP contribution >= 0.6 is 0 Å². The first kappa shape index (κ1) is 15.4. The molecule has 2 aromatic carbocycles. The molecule has 3 aromatic rings. The number of nitrogens with zero attached hydrogens (tertiary/aromatic N) is 2. The van der Waals surface area contributed by atoms with E-state index in [4.69, 9.17) is 0 Å². The number of hydrogen-bond acceptors (Lipinski definition) is 3. The summed E-state index contributed by atoms with van der Waals surface area (Å²) in [6, 6.07) is 18.0. The summed E-state index contributed by atoms with van der Waals surface area (Å²) in [7, 11) is 2.05. The molecule has 0 unspecified atom stereocenters. The highest BCUT2D eigenvalue weighted by atomic mass is 16.1. The molecule has 1 aromatic heterocycles. The van der Waals surface area contributed by atoms with Crippen LogP contribution in [0.3, 0.4) is 0 Å². The number of benzene rings is 2. The first-order valence-corrected chi connectivity index (χ1v) is 7.84. The normalized spacial score (nSPS) is 14.1. The second-order valence-corrected chi connectivity index (χ2v) is 5.90. The van der Waals surface area contributed by atoms with Crippen LogP contribution in [0.25, 0.3) is 10.9 Å². The molecule has 0 amide bonds. The number of para-hydroxylation sites is 1. The monoisotopic (exact) mass is 307 g/mol. The summed E-state index contributed by atoms with van der Waals surface area (Å²) >= 11 is 0. The van der Waals surface area contributed by atoms with Crippen molar-refractivity contribution in [1.29, 1.82) is 0 Å². The molecule has 0 saturated heterocycles. The van der Waals surface area contributed by atoms with Gasteiger partial charge in [-0.3, -0.25) is 9.69 Å². The molecule has 1 N–H and O–H groups in total. The Labute approximate surface area is 135 Å². The molecule has 0 aliphatic carbocycles. The Balaban J connectivity index is 1.93. The SMILES string of the molecule is C[C@@H](c1ccccc1)N(C)[C@@H](C)c1nc2ccccc2c(=O)[nH]1. The zero-order valence-corrected chi connectivity index (χ0v) is 13.7. The number of aromatic amines is 1. The van der Waals surface area contributed by atoms with Crippen LogP contribution in [0.2, 0.25) is 0 Å². The Morgan fingerprint density at radius 2 is 1.61 bits per heavy atom. The van der Waals surface area contributed by atoms with Gasteiger partial charge < -0.3 is 4.98 Å². The van der Waals surface area contributed by atoms with Gasteiger partial charge in [0, 0.05) is 6.04 Å². The molecule has 4 heteroatoms. The Morgan fingerprint density at radius 1 is 0.957 bits per heavy atom. The molecule has 0 radical (unpaired) electrons. The van der Waals surface area contributed by atoms with Gasteiger partial charge >= 0.3 is 0 Å². The highest BCUT2D eigenvalue weighted by molar-refractivity contribution is 5.77. The first-order chi connectivity index (χ1) is 11.1. The van der Waals surface area contributed by atoms with E-state index in [1.165, 1.54) is 5.56 Å². The standard InChI is InChI=1S/C19H21N3O/c1-13(15-9-5-4-6-10-15)22(3)14(2)18-20-17-12-8-7-11-16(17)19(23)21-18/h4-14H,1-3H3,(H,20,21,23)/t13-,14-/m0/s1. The average molecular weight is 307 g/mol. The van der Waals surface area contributed by atoms with Crippen LogP contribution in [0, 0.1) is 0 Å². The fourth-order valence-corrected chi connectivity index (χ4v) is 2.80. The van der Waals surface area contributed by atoms with Crippen molar-refractivity contribution in [3.8, 4) is 0 Å². The molecule has 0 bridgehead atoms. The van der Waals surface area contributed by atoms with E-state index in [0.717, 1.165) is 5.52 Å². The number of nitrogens with one attached hydrogen (secondary N) is 1. The van der Waals surface area contributed by atoms with Crippen LogP contribution in [0.5, 0.6) is 0 Å². The van der Waals surface area contributed by atoms with Gasteiger partial charge in [0.1, 0.15) is 5.82 Å². The Morgan fingerprint density at radius 3 is 2.35 bits per heavy atom. The lowest BCUT2D eigenvalue weighted by atomic mass is 10.1. The molecule has 3 rings (SSSR count). The van der Waals surface area contributed by atoms with Crippen molar-refractivity contribution in [2.75, 3.05) is 7.05 Å². The van der Waals surface area contributed by atoms with Gasteiger partial charge in [0.25, 0.3) is 5.56 Å². The van der Waals surface area contributed by atoms with Crippen molar-refractivity contribution < 1.29 is 0 Å². The molecule has 0 aliphatic heterocycles. The molecule has 118 valence electrons. The van der Waals surface area contributed by atoms with Crippen LogP contribution < -0.4 is 5.56 Å². The van der Waals surface area contributed by atoms with Gasteiger partial charge in [-0.15, -0.1) is 0 Å². The number of H-pyrrole nitrogens is 1. The average Bonchev–Trinajstić information content (AvgIpc) is 2.60. The Bertz CT molecular complexity index is 857. The molecular weight excluding hydrogens is 286 g/mol. The summed E-state index contributed by atoms with van der Waals surface area (Å²) in [4.78, 5) is 22.0. The number of fused-ring (bicyclic) bond motifs is 1. The van der Waals surface area contributed by atoms with Gasteiger partial charge in [0.15, 0.2) is 0 Å². The van der Waals surface area contributed by atoms with Gasteiger partial charge in [-0.05, 0) is 38.6 Å². The molecule has 0 aliphatic rings. The fourth-order valence-electron chi connectivity index (χ4n) is 2.80. The lowest BCUT2D eigenvalue weighted by molar-refractivity contribution is 0.192. The zero-order valence-electron chi connectivity index (χ0n) is 13.7. The third-order valence-electron chi connectivity index (χ3n) is 4.53. The zero-order chi connectivity index (χ0) is 16.4. The van der Waals surface area contributed by atoms with Crippen LogP contribution in [0.15, 0.2) is 59.4 Å². The maximum atomic E-state index is 12.3. The van der Waals surface area contributed by atoms with E-state index in [1.54, 1.807) is 6.07 Å². The Kier molecular flexibility index (Phi) is 4.26. The van der Waals surface area contributed by atoms with Gasteiger partial charge in [0.05, 0.1) is 16.9 Å². The summed E-state index contributed by atoms with van der Waals surface area (Å²) in [5.74, 6) is 0.694.